The van der Waals surface area contributed by atoms with E-state index in [9.17, 15) is 4.79 Å². The molecule has 0 bridgehead atoms. The van der Waals surface area contributed by atoms with E-state index in [1.807, 2.05) is 0 Å². The summed E-state index contributed by atoms with van der Waals surface area (Å²) < 4.78 is 0. The largest absolute Gasteiger partial charge is 0.341 e. The maximum absolute atomic E-state index is 12.5. The molecule has 2 rings (SSSR count). The van der Waals surface area contributed by atoms with Crippen LogP contribution in [-0.2, 0) is 4.79 Å². The van der Waals surface area contributed by atoms with Gasteiger partial charge in [0.25, 0.3) is 0 Å². The molecule has 2 heterocycles. The minimum absolute atomic E-state index is 0.0371. The van der Waals surface area contributed by atoms with Crippen LogP contribution < -0.4 is 5.32 Å². The van der Waals surface area contributed by atoms with Gasteiger partial charge in [-0.3, -0.25) is 9.69 Å². The van der Waals surface area contributed by atoms with Crippen LogP contribution in [0, 0.1) is 0 Å². The minimum atomic E-state index is 0.0371. The molecule has 2 saturated heterocycles. The normalized spacial score (nSPS) is 32.3. The number of carbonyl (C=O) groups is 1. The van der Waals surface area contributed by atoms with Gasteiger partial charge in [-0.05, 0) is 40.0 Å². The zero-order chi connectivity index (χ0) is 13.1. The molecule has 0 radical (unpaired) electrons. The highest BCUT2D eigenvalue weighted by atomic mass is 16.2. The Labute approximate surface area is 111 Å². The molecule has 0 saturated carbocycles. The molecular formula is C14H27N3O. The lowest BCUT2D eigenvalue weighted by atomic mass is 10.1. The van der Waals surface area contributed by atoms with Crippen molar-refractivity contribution in [1.82, 2.24) is 15.1 Å². The SMILES string of the molecule is CC1CN(C(C)C(=O)N2CCCCC2)CC(C)N1. The highest BCUT2D eigenvalue weighted by Gasteiger charge is 2.31. The highest BCUT2D eigenvalue weighted by Crippen LogP contribution is 2.14. The number of likely N-dealkylation sites (tertiary alicyclic amines) is 1. The number of amides is 1. The van der Waals surface area contributed by atoms with Gasteiger partial charge in [-0.25, -0.2) is 0 Å². The van der Waals surface area contributed by atoms with E-state index in [0.717, 1.165) is 26.2 Å². The predicted molar refractivity (Wildman–Crippen MR) is 73.5 cm³/mol. The number of carbonyl (C=O) groups excluding carboxylic acids is 1. The molecule has 3 unspecified atom stereocenters. The van der Waals surface area contributed by atoms with Crippen molar-refractivity contribution >= 4 is 5.91 Å². The molecule has 104 valence electrons. The van der Waals surface area contributed by atoms with Gasteiger partial charge in [-0.2, -0.15) is 0 Å². The van der Waals surface area contributed by atoms with Gasteiger partial charge < -0.3 is 10.2 Å². The number of piperazine rings is 1. The minimum Gasteiger partial charge on any atom is -0.341 e. The standard InChI is InChI=1S/C14H27N3O/c1-11-9-17(10-12(2)15-11)13(3)14(18)16-7-5-4-6-8-16/h11-13,15H,4-10H2,1-3H3. The quantitative estimate of drug-likeness (QED) is 0.799. The summed E-state index contributed by atoms with van der Waals surface area (Å²) in [4.78, 5) is 16.9. The summed E-state index contributed by atoms with van der Waals surface area (Å²) in [5, 5.41) is 3.52. The molecular weight excluding hydrogens is 226 g/mol. The van der Waals surface area contributed by atoms with Gasteiger partial charge in [0.15, 0.2) is 0 Å². The van der Waals surface area contributed by atoms with E-state index >= 15 is 0 Å². The van der Waals surface area contributed by atoms with E-state index in [2.05, 4.69) is 35.9 Å². The van der Waals surface area contributed by atoms with Crippen molar-refractivity contribution in [3.05, 3.63) is 0 Å². The van der Waals surface area contributed by atoms with Crippen molar-refractivity contribution in [2.75, 3.05) is 26.2 Å². The van der Waals surface area contributed by atoms with Crippen LogP contribution in [0.15, 0.2) is 0 Å². The van der Waals surface area contributed by atoms with Crippen molar-refractivity contribution in [3.8, 4) is 0 Å². The van der Waals surface area contributed by atoms with Crippen molar-refractivity contribution in [3.63, 3.8) is 0 Å². The average Bonchev–Trinajstić information content (AvgIpc) is 2.37. The van der Waals surface area contributed by atoms with Crippen LogP contribution in [-0.4, -0.2) is 60.0 Å². The van der Waals surface area contributed by atoms with Gasteiger partial charge in [0.2, 0.25) is 5.91 Å². The van der Waals surface area contributed by atoms with Gasteiger partial charge in [-0.15, -0.1) is 0 Å². The number of piperidine rings is 1. The topological polar surface area (TPSA) is 35.6 Å². The maximum Gasteiger partial charge on any atom is 0.239 e. The van der Waals surface area contributed by atoms with Crippen molar-refractivity contribution in [2.24, 2.45) is 0 Å². The molecule has 1 N–H and O–H groups in total. The van der Waals surface area contributed by atoms with Crippen LogP contribution in [0.2, 0.25) is 0 Å². The monoisotopic (exact) mass is 253 g/mol. The summed E-state index contributed by atoms with van der Waals surface area (Å²) in [6, 6.07) is 0.991. The smallest absolute Gasteiger partial charge is 0.239 e. The predicted octanol–water partition coefficient (Wildman–Crippen LogP) is 1.07. The van der Waals surface area contributed by atoms with Crippen LogP contribution in [0.1, 0.15) is 40.0 Å². The molecule has 0 aromatic heterocycles. The first kappa shape index (κ1) is 13.8. The summed E-state index contributed by atoms with van der Waals surface area (Å²) in [7, 11) is 0. The second-order valence-electron chi connectivity index (χ2n) is 5.98. The van der Waals surface area contributed by atoms with E-state index in [0.29, 0.717) is 18.0 Å². The summed E-state index contributed by atoms with van der Waals surface area (Å²) in [5.74, 6) is 0.330. The molecule has 2 fully saturated rings. The molecule has 1 amide bonds. The third-order valence-corrected chi connectivity index (χ3v) is 4.16. The van der Waals surface area contributed by atoms with Crippen molar-refractivity contribution in [1.29, 1.82) is 0 Å². The van der Waals surface area contributed by atoms with E-state index in [1.54, 1.807) is 0 Å². The van der Waals surface area contributed by atoms with E-state index in [4.69, 9.17) is 0 Å². The Morgan fingerprint density at radius 1 is 1.11 bits per heavy atom. The summed E-state index contributed by atoms with van der Waals surface area (Å²) in [6.07, 6.45) is 3.62. The highest BCUT2D eigenvalue weighted by molar-refractivity contribution is 5.81. The van der Waals surface area contributed by atoms with Gasteiger partial charge >= 0.3 is 0 Å². The van der Waals surface area contributed by atoms with E-state index < -0.39 is 0 Å². The summed E-state index contributed by atoms with van der Waals surface area (Å²) in [6.45, 7) is 10.3. The third kappa shape index (κ3) is 3.23. The molecule has 0 aromatic carbocycles. The zero-order valence-electron chi connectivity index (χ0n) is 12.0. The Bertz CT molecular complexity index is 279. The fourth-order valence-corrected chi connectivity index (χ4v) is 3.22. The summed E-state index contributed by atoms with van der Waals surface area (Å²) >= 11 is 0. The Morgan fingerprint density at radius 3 is 2.22 bits per heavy atom. The van der Waals surface area contributed by atoms with Gasteiger partial charge in [0.1, 0.15) is 0 Å². The molecule has 4 nitrogen and oxygen atoms in total. The number of rotatable bonds is 2. The molecule has 0 spiro atoms. The molecule has 2 aliphatic heterocycles. The average molecular weight is 253 g/mol. The molecule has 4 heteroatoms. The Balaban J connectivity index is 1.92. The summed E-state index contributed by atoms with van der Waals surface area (Å²) in [5.41, 5.74) is 0. The van der Waals surface area contributed by atoms with Crippen LogP contribution in [0.4, 0.5) is 0 Å². The first-order valence-electron chi connectivity index (χ1n) is 7.37. The second kappa shape index (κ2) is 6.02. The fourth-order valence-electron chi connectivity index (χ4n) is 3.22. The molecule has 3 atom stereocenters. The second-order valence-corrected chi connectivity index (χ2v) is 5.98. The lowest BCUT2D eigenvalue weighted by molar-refractivity contribution is -0.138. The van der Waals surface area contributed by atoms with Crippen LogP contribution >= 0.6 is 0 Å². The maximum atomic E-state index is 12.5. The van der Waals surface area contributed by atoms with Crippen molar-refractivity contribution < 1.29 is 4.79 Å². The number of hydrogen-bond acceptors (Lipinski definition) is 3. The third-order valence-electron chi connectivity index (χ3n) is 4.16. The van der Waals surface area contributed by atoms with E-state index in [-0.39, 0.29) is 6.04 Å². The molecule has 0 aliphatic carbocycles. The van der Waals surface area contributed by atoms with Crippen LogP contribution in [0.3, 0.4) is 0 Å². The van der Waals surface area contributed by atoms with Crippen LogP contribution in [0.5, 0.6) is 0 Å². The van der Waals surface area contributed by atoms with Gasteiger partial charge in [0, 0.05) is 38.3 Å². The fraction of sp³-hybridized carbons (Fsp3) is 0.929. The Morgan fingerprint density at radius 2 is 1.67 bits per heavy atom. The molecule has 2 aliphatic rings. The number of hydrogen-bond donors (Lipinski definition) is 1. The lowest BCUT2D eigenvalue weighted by Crippen LogP contribution is -2.59. The first-order chi connectivity index (χ1) is 8.58. The molecule has 0 aromatic rings. The number of nitrogens with zero attached hydrogens (tertiary/aromatic N) is 2. The zero-order valence-corrected chi connectivity index (χ0v) is 12.0. The van der Waals surface area contributed by atoms with Crippen LogP contribution in [0.25, 0.3) is 0 Å². The Hall–Kier alpha value is -0.610. The van der Waals surface area contributed by atoms with Gasteiger partial charge in [0.05, 0.1) is 6.04 Å². The molecule has 18 heavy (non-hydrogen) atoms. The lowest BCUT2D eigenvalue weighted by Gasteiger charge is -2.41. The van der Waals surface area contributed by atoms with Crippen molar-refractivity contribution in [2.45, 2.75) is 58.2 Å². The number of nitrogens with one attached hydrogen (secondary N) is 1. The Kier molecular flexibility index (Phi) is 4.62. The first-order valence-corrected chi connectivity index (χ1v) is 7.37. The van der Waals surface area contributed by atoms with E-state index in [1.165, 1.54) is 19.3 Å². The van der Waals surface area contributed by atoms with Gasteiger partial charge in [-0.1, -0.05) is 0 Å².